The Bertz CT molecular complexity index is 588. The summed E-state index contributed by atoms with van der Waals surface area (Å²) >= 11 is 3.28. The van der Waals surface area contributed by atoms with Crippen LogP contribution < -0.4 is 0 Å². The van der Waals surface area contributed by atoms with Crippen molar-refractivity contribution in [2.75, 3.05) is 0 Å². The summed E-state index contributed by atoms with van der Waals surface area (Å²) in [6, 6.07) is 8.58. The summed E-state index contributed by atoms with van der Waals surface area (Å²) in [6.45, 7) is 1.85. The average Bonchev–Trinajstić information content (AvgIpc) is 2.72. The molecule has 3 nitrogen and oxygen atoms in total. The van der Waals surface area contributed by atoms with E-state index in [9.17, 15) is 13.7 Å². The molecule has 1 aliphatic carbocycles. The summed E-state index contributed by atoms with van der Waals surface area (Å²) in [6.07, 6.45) is 2.02. The van der Waals surface area contributed by atoms with Gasteiger partial charge in [0.1, 0.15) is 0 Å². The van der Waals surface area contributed by atoms with E-state index in [4.69, 9.17) is 0 Å². The highest BCUT2D eigenvalue weighted by Gasteiger charge is 2.52. The van der Waals surface area contributed by atoms with Crippen molar-refractivity contribution in [2.45, 2.75) is 35.8 Å². The van der Waals surface area contributed by atoms with Crippen LogP contribution in [0.15, 0.2) is 33.6 Å². The summed E-state index contributed by atoms with van der Waals surface area (Å²) in [5, 5.41) is 9.40. The van der Waals surface area contributed by atoms with Crippen molar-refractivity contribution in [3.8, 4) is 6.07 Å². The standard InChI is InChI=1S/C13H14BrNO2S/c1-10-3-2-8-13(10,9-15)18(16,17)12-6-4-11(14)5-7-12/h4-7,10H,2-3,8H2,1H3. The molecule has 0 saturated heterocycles. The first-order valence-electron chi connectivity index (χ1n) is 5.85. The minimum Gasteiger partial charge on any atom is -0.222 e. The summed E-state index contributed by atoms with van der Waals surface area (Å²) in [7, 11) is -3.60. The van der Waals surface area contributed by atoms with Gasteiger partial charge in [0.2, 0.25) is 0 Å². The molecule has 0 amide bonds. The number of benzene rings is 1. The molecule has 5 heteroatoms. The number of nitrogens with zero attached hydrogens (tertiary/aromatic N) is 1. The lowest BCUT2D eigenvalue weighted by molar-refractivity contribution is 0.494. The maximum absolute atomic E-state index is 12.7. The Kier molecular flexibility index (Phi) is 3.52. The van der Waals surface area contributed by atoms with Crippen LogP contribution >= 0.6 is 15.9 Å². The van der Waals surface area contributed by atoms with Gasteiger partial charge < -0.3 is 0 Å². The number of halogens is 1. The van der Waals surface area contributed by atoms with E-state index >= 15 is 0 Å². The van der Waals surface area contributed by atoms with E-state index in [1.54, 1.807) is 24.3 Å². The monoisotopic (exact) mass is 327 g/mol. The lowest BCUT2D eigenvalue weighted by atomic mass is 9.99. The largest absolute Gasteiger partial charge is 0.222 e. The van der Waals surface area contributed by atoms with Gasteiger partial charge in [0.15, 0.2) is 14.6 Å². The quantitative estimate of drug-likeness (QED) is 0.837. The minimum absolute atomic E-state index is 0.115. The van der Waals surface area contributed by atoms with Gasteiger partial charge in [-0.05, 0) is 43.0 Å². The van der Waals surface area contributed by atoms with Crippen LogP contribution in [0.3, 0.4) is 0 Å². The Morgan fingerprint density at radius 2 is 2.00 bits per heavy atom. The van der Waals surface area contributed by atoms with Gasteiger partial charge in [-0.25, -0.2) is 8.42 Å². The second-order valence-corrected chi connectivity index (χ2v) is 7.87. The highest BCUT2D eigenvalue weighted by atomic mass is 79.9. The zero-order valence-electron chi connectivity index (χ0n) is 10.1. The van der Waals surface area contributed by atoms with Crippen molar-refractivity contribution < 1.29 is 8.42 Å². The van der Waals surface area contributed by atoms with E-state index in [1.807, 2.05) is 6.92 Å². The van der Waals surface area contributed by atoms with Crippen molar-refractivity contribution >= 4 is 25.8 Å². The van der Waals surface area contributed by atoms with Gasteiger partial charge in [0, 0.05) is 4.47 Å². The molecule has 2 rings (SSSR count). The molecule has 0 spiro atoms. The number of hydrogen-bond acceptors (Lipinski definition) is 3. The van der Waals surface area contributed by atoms with Gasteiger partial charge in [-0.15, -0.1) is 0 Å². The molecular formula is C13H14BrNO2S. The molecule has 0 bridgehead atoms. The van der Waals surface area contributed by atoms with Crippen molar-refractivity contribution in [1.29, 1.82) is 5.26 Å². The second-order valence-electron chi connectivity index (χ2n) is 4.75. The summed E-state index contributed by atoms with van der Waals surface area (Å²) in [4.78, 5) is 0.237. The average molecular weight is 328 g/mol. The van der Waals surface area contributed by atoms with Crippen LogP contribution in [0.4, 0.5) is 0 Å². The Morgan fingerprint density at radius 3 is 2.44 bits per heavy atom. The van der Waals surface area contributed by atoms with E-state index in [0.29, 0.717) is 6.42 Å². The van der Waals surface area contributed by atoms with Gasteiger partial charge in [0.25, 0.3) is 0 Å². The molecule has 0 aromatic heterocycles. The van der Waals surface area contributed by atoms with Gasteiger partial charge in [-0.1, -0.05) is 29.3 Å². The molecule has 0 aliphatic heterocycles. The maximum atomic E-state index is 12.7. The topological polar surface area (TPSA) is 57.9 Å². The fourth-order valence-corrected chi connectivity index (χ4v) is 4.96. The predicted molar refractivity (Wildman–Crippen MR) is 72.7 cm³/mol. The van der Waals surface area contributed by atoms with Gasteiger partial charge in [0.05, 0.1) is 11.0 Å². The molecule has 0 heterocycles. The van der Waals surface area contributed by atoms with E-state index in [1.165, 1.54) is 0 Å². The van der Waals surface area contributed by atoms with Gasteiger partial charge >= 0.3 is 0 Å². The van der Waals surface area contributed by atoms with E-state index in [0.717, 1.165) is 17.3 Å². The molecular weight excluding hydrogens is 314 g/mol. The fraction of sp³-hybridized carbons (Fsp3) is 0.462. The van der Waals surface area contributed by atoms with Crippen LogP contribution in [-0.2, 0) is 9.84 Å². The smallest absolute Gasteiger partial charge is 0.197 e. The predicted octanol–water partition coefficient (Wildman–Crippen LogP) is 3.31. The zero-order chi connectivity index (χ0) is 13.4. The van der Waals surface area contributed by atoms with Crippen LogP contribution in [0, 0.1) is 17.2 Å². The van der Waals surface area contributed by atoms with Crippen LogP contribution in [0.2, 0.25) is 0 Å². The van der Waals surface area contributed by atoms with Crippen molar-refractivity contribution in [1.82, 2.24) is 0 Å². The molecule has 96 valence electrons. The Morgan fingerprint density at radius 1 is 1.39 bits per heavy atom. The Labute approximate surface area is 116 Å². The van der Waals surface area contributed by atoms with Crippen molar-refractivity contribution in [3.63, 3.8) is 0 Å². The lowest BCUT2D eigenvalue weighted by Crippen LogP contribution is -2.39. The van der Waals surface area contributed by atoms with E-state index in [-0.39, 0.29) is 10.8 Å². The van der Waals surface area contributed by atoms with Crippen LogP contribution in [0.5, 0.6) is 0 Å². The molecule has 1 saturated carbocycles. The molecule has 2 unspecified atom stereocenters. The first-order valence-corrected chi connectivity index (χ1v) is 8.13. The summed E-state index contributed by atoms with van der Waals surface area (Å²) in [5.74, 6) is -0.115. The highest BCUT2D eigenvalue weighted by Crippen LogP contribution is 2.44. The van der Waals surface area contributed by atoms with E-state index < -0.39 is 14.6 Å². The lowest BCUT2D eigenvalue weighted by Gasteiger charge is -2.25. The molecule has 1 aromatic rings. The number of nitriles is 1. The summed E-state index contributed by atoms with van der Waals surface area (Å²) < 4.78 is 24.9. The highest BCUT2D eigenvalue weighted by molar-refractivity contribution is 9.10. The van der Waals surface area contributed by atoms with Gasteiger partial charge in [-0.3, -0.25) is 0 Å². The molecule has 0 radical (unpaired) electrons. The third-order valence-electron chi connectivity index (χ3n) is 3.77. The Hall–Kier alpha value is -0.860. The third kappa shape index (κ3) is 1.88. The Balaban J connectivity index is 2.55. The first-order chi connectivity index (χ1) is 8.44. The number of hydrogen-bond donors (Lipinski definition) is 0. The van der Waals surface area contributed by atoms with Crippen LogP contribution in [0.1, 0.15) is 26.2 Å². The molecule has 2 atom stereocenters. The second kappa shape index (κ2) is 4.67. The molecule has 1 aromatic carbocycles. The summed E-state index contributed by atoms with van der Waals surface area (Å²) in [5.41, 5.74) is 0. The van der Waals surface area contributed by atoms with Crippen LogP contribution in [-0.4, -0.2) is 13.2 Å². The van der Waals surface area contributed by atoms with E-state index in [2.05, 4.69) is 22.0 Å². The fourth-order valence-electron chi connectivity index (χ4n) is 2.60. The molecule has 1 aliphatic rings. The SMILES string of the molecule is CC1CCCC1(C#N)S(=O)(=O)c1ccc(Br)cc1. The first kappa shape index (κ1) is 13.6. The normalized spacial score (nSPS) is 27.9. The maximum Gasteiger partial charge on any atom is 0.197 e. The zero-order valence-corrected chi connectivity index (χ0v) is 12.5. The van der Waals surface area contributed by atoms with Gasteiger partial charge in [-0.2, -0.15) is 5.26 Å². The molecule has 0 N–H and O–H groups in total. The van der Waals surface area contributed by atoms with Crippen LogP contribution in [0.25, 0.3) is 0 Å². The molecule has 1 fully saturated rings. The van der Waals surface area contributed by atoms with Crippen molar-refractivity contribution in [2.24, 2.45) is 5.92 Å². The minimum atomic E-state index is -3.60. The molecule has 18 heavy (non-hydrogen) atoms. The third-order valence-corrected chi connectivity index (χ3v) is 6.85. The number of rotatable bonds is 2. The number of sulfone groups is 1. The van der Waals surface area contributed by atoms with Crippen molar-refractivity contribution in [3.05, 3.63) is 28.7 Å².